The zero-order valence-corrected chi connectivity index (χ0v) is 24.0. The first-order chi connectivity index (χ1) is 19.7. The van der Waals surface area contributed by atoms with Crippen molar-refractivity contribution in [3.63, 3.8) is 0 Å². The van der Waals surface area contributed by atoms with Gasteiger partial charge < -0.3 is 14.0 Å². The normalized spacial score (nSPS) is 16.3. The van der Waals surface area contributed by atoms with Gasteiger partial charge in [-0.15, -0.1) is 0 Å². The lowest BCUT2D eigenvalue weighted by Crippen LogP contribution is -2.41. The van der Waals surface area contributed by atoms with Crippen molar-refractivity contribution in [1.29, 1.82) is 0 Å². The van der Waals surface area contributed by atoms with Gasteiger partial charge in [-0.05, 0) is 107 Å². The first-order valence-electron chi connectivity index (χ1n) is 14.5. The summed E-state index contributed by atoms with van der Waals surface area (Å²) in [6.07, 6.45) is 1.88. The molecular formula is C36H33BO4. The molecule has 1 fully saturated rings. The summed E-state index contributed by atoms with van der Waals surface area (Å²) < 4.78 is 17.9. The van der Waals surface area contributed by atoms with Gasteiger partial charge in [-0.3, -0.25) is 4.79 Å². The summed E-state index contributed by atoms with van der Waals surface area (Å²) in [5, 5.41) is 10.3. The van der Waals surface area contributed by atoms with Gasteiger partial charge in [-0.2, -0.15) is 0 Å². The van der Waals surface area contributed by atoms with Crippen molar-refractivity contribution in [2.75, 3.05) is 0 Å². The molecule has 1 heterocycles. The molecule has 6 aromatic rings. The molecule has 0 amide bonds. The van der Waals surface area contributed by atoms with Gasteiger partial charge >= 0.3 is 13.1 Å². The number of benzene rings is 6. The smallest absolute Gasteiger partial charge is 0.427 e. The van der Waals surface area contributed by atoms with Gasteiger partial charge in [0, 0.05) is 6.42 Å². The van der Waals surface area contributed by atoms with Gasteiger partial charge in [0.1, 0.15) is 5.75 Å². The average Bonchev–Trinajstić information content (AvgIpc) is 3.18. The van der Waals surface area contributed by atoms with Gasteiger partial charge in [0.05, 0.1) is 11.2 Å². The van der Waals surface area contributed by atoms with Crippen LogP contribution in [0.3, 0.4) is 0 Å². The first kappa shape index (κ1) is 26.0. The molecule has 4 nitrogen and oxygen atoms in total. The molecule has 0 aromatic heterocycles. The van der Waals surface area contributed by atoms with E-state index in [-0.39, 0.29) is 5.97 Å². The summed E-state index contributed by atoms with van der Waals surface area (Å²) in [7, 11) is -0.437. The number of ether oxygens (including phenoxy) is 1. The summed E-state index contributed by atoms with van der Waals surface area (Å²) in [5.74, 6) is 0.307. The fourth-order valence-electron chi connectivity index (χ4n) is 6.20. The molecule has 7 rings (SSSR count). The van der Waals surface area contributed by atoms with Gasteiger partial charge in [0.15, 0.2) is 0 Å². The van der Waals surface area contributed by atoms with E-state index in [1.807, 2.05) is 52.0 Å². The second kappa shape index (κ2) is 9.58. The number of rotatable bonds is 6. The fraction of sp³-hybridized carbons (Fsp3) is 0.250. The highest BCUT2D eigenvalue weighted by molar-refractivity contribution is 6.62. The highest BCUT2D eigenvalue weighted by Gasteiger charge is 2.51. The quantitative estimate of drug-likeness (QED) is 0.0707. The number of hydrogen-bond acceptors (Lipinski definition) is 4. The van der Waals surface area contributed by atoms with Crippen LogP contribution in [-0.2, 0) is 20.5 Å². The monoisotopic (exact) mass is 540 g/mol. The van der Waals surface area contributed by atoms with Gasteiger partial charge in [-0.25, -0.2) is 0 Å². The van der Waals surface area contributed by atoms with E-state index in [1.54, 1.807) is 0 Å². The van der Waals surface area contributed by atoms with Crippen molar-refractivity contribution in [2.24, 2.45) is 0 Å². The molecule has 204 valence electrons. The molecule has 0 saturated carbocycles. The maximum absolute atomic E-state index is 12.7. The lowest BCUT2D eigenvalue weighted by molar-refractivity contribution is -0.134. The van der Waals surface area contributed by atoms with E-state index in [2.05, 4.69) is 66.7 Å². The van der Waals surface area contributed by atoms with Crippen LogP contribution in [0.15, 0.2) is 91.0 Å². The fourth-order valence-corrected chi connectivity index (χ4v) is 6.20. The lowest BCUT2D eigenvalue weighted by atomic mass is 9.79. The molecule has 1 aliphatic rings. The number of carbonyl (C=O) groups excluding carboxylic acids is 1. The highest BCUT2D eigenvalue weighted by Crippen LogP contribution is 2.41. The summed E-state index contributed by atoms with van der Waals surface area (Å²) >= 11 is 0. The molecule has 5 heteroatoms. The Kier molecular flexibility index (Phi) is 6.07. The van der Waals surface area contributed by atoms with Crippen LogP contribution >= 0.6 is 0 Å². The van der Waals surface area contributed by atoms with Crippen molar-refractivity contribution in [3.05, 3.63) is 96.6 Å². The Morgan fingerprint density at radius 1 is 0.683 bits per heavy atom. The third-order valence-corrected chi connectivity index (χ3v) is 9.08. The van der Waals surface area contributed by atoms with Crippen LogP contribution in [0.1, 0.15) is 46.1 Å². The molecule has 1 aliphatic heterocycles. The zero-order chi connectivity index (χ0) is 28.4. The topological polar surface area (TPSA) is 44.8 Å². The molecule has 0 unspecified atom stereocenters. The van der Waals surface area contributed by atoms with Gasteiger partial charge in [-0.1, -0.05) is 78.9 Å². The van der Waals surface area contributed by atoms with E-state index in [0.29, 0.717) is 12.2 Å². The Hall–Kier alpha value is -3.93. The Morgan fingerprint density at radius 2 is 1.24 bits per heavy atom. The minimum atomic E-state index is -0.437. The molecular weight excluding hydrogens is 507 g/mol. The summed E-state index contributed by atoms with van der Waals surface area (Å²) in [6, 6.07) is 31.6. The Morgan fingerprint density at radius 3 is 1.90 bits per heavy atom. The van der Waals surface area contributed by atoms with E-state index in [0.717, 1.165) is 18.3 Å². The largest absolute Gasteiger partial charge is 0.494 e. The van der Waals surface area contributed by atoms with Crippen LogP contribution in [0, 0.1) is 0 Å². The van der Waals surface area contributed by atoms with Gasteiger partial charge in [0.25, 0.3) is 0 Å². The molecule has 0 N–H and O–H groups in total. The van der Waals surface area contributed by atoms with Crippen LogP contribution in [0.2, 0.25) is 0 Å². The van der Waals surface area contributed by atoms with Crippen molar-refractivity contribution < 1.29 is 18.8 Å². The Labute approximate surface area is 240 Å². The zero-order valence-electron chi connectivity index (χ0n) is 24.0. The molecule has 1 saturated heterocycles. The molecule has 6 aromatic carbocycles. The van der Waals surface area contributed by atoms with Crippen molar-refractivity contribution in [3.8, 4) is 5.75 Å². The molecule has 0 aliphatic carbocycles. The van der Waals surface area contributed by atoms with Crippen molar-refractivity contribution >= 4 is 61.6 Å². The minimum Gasteiger partial charge on any atom is -0.427 e. The van der Waals surface area contributed by atoms with E-state index in [1.165, 1.54) is 48.7 Å². The van der Waals surface area contributed by atoms with E-state index in [4.69, 9.17) is 14.0 Å². The van der Waals surface area contributed by atoms with Crippen molar-refractivity contribution in [1.82, 2.24) is 0 Å². The third-order valence-electron chi connectivity index (χ3n) is 9.08. The SMILES string of the molecule is CC1(C)OB(c2ccc(OC(=O)CCCc3ccc4c5cccc6cccc(c7cccc3c74)c65)cc2)OC1(C)C. The molecule has 41 heavy (non-hydrogen) atoms. The van der Waals surface area contributed by atoms with Crippen LogP contribution < -0.4 is 10.2 Å². The molecule has 0 radical (unpaired) electrons. The number of hydrogen-bond donors (Lipinski definition) is 0. The molecule has 0 spiro atoms. The maximum atomic E-state index is 12.7. The first-order valence-corrected chi connectivity index (χ1v) is 14.5. The number of carbonyl (C=O) groups is 1. The highest BCUT2D eigenvalue weighted by atomic mass is 16.7. The second-order valence-corrected chi connectivity index (χ2v) is 12.2. The molecule has 0 atom stereocenters. The standard InChI is InChI=1S/C36H33BO4/c1-35(2)36(3,4)41-37(40-35)25-18-20-26(21-19-25)39-32(38)16-7-9-23-17-22-31-29-14-6-11-24-10-5-13-28(33(24)29)30-15-8-12-27(23)34(30)31/h5-6,8,10-15,17-22H,7,9,16H2,1-4H3. The maximum Gasteiger partial charge on any atom is 0.494 e. The predicted octanol–water partition coefficient (Wildman–Crippen LogP) is 7.96. The van der Waals surface area contributed by atoms with Crippen LogP contribution in [0.25, 0.3) is 43.1 Å². The number of fused-ring (bicyclic) bond motifs is 2. The predicted molar refractivity (Wildman–Crippen MR) is 168 cm³/mol. The summed E-state index contributed by atoms with van der Waals surface area (Å²) in [6.45, 7) is 8.14. The second-order valence-electron chi connectivity index (χ2n) is 12.2. The van der Waals surface area contributed by atoms with Crippen LogP contribution in [0.4, 0.5) is 0 Å². The summed E-state index contributed by atoms with van der Waals surface area (Å²) in [5.41, 5.74) is 1.37. The van der Waals surface area contributed by atoms with E-state index in [9.17, 15) is 4.79 Å². The van der Waals surface area contributed by atoms with Crippen LogP contribution in [0.5, 0.6) is 5.75 Å². The van der Waals surface area contributed by atoms with Gasteiger partial charge in [0.2, 0.25) is 0 Å². The number of aryl methyl sites for hydroxylation is 1. The summed E-state index contributed by atoms with van der Waals surface area (Å²) in [4.78, 5) is 12.7. The number of esters is 1. The van der Waals surface area contributed by atoms with E-state index < -0.39 is 18.3 Å². The third kappa shape index (κ3) is 4.35. The van der Waals surface area contributed by atoms with Crippen molar-refractivity contribution in [2.45, 2.75) is 58.2 Å². The minimum absolute atomic E-state index is 0.225. The van der Waals surface area contributed by atoms with Crippen LogP contribution in [-0.4, -0.2) is 24.3 Å². The van der Waals surface area contributed by atoms with E-state index >= 15 is 0 Å². The molecule has 0 bridgehead atoms. The lowest BCUT2D eigenvalue weighted by Gasteiger charge is -2.32. The Balaban J connectivity index is 1.06. The Bertz CT molecular complexity index is 1860. The average molecular weight is 540 g/mol.